The van der Waals surface area contributed by atoms with Gasteiger partial charge in [0.2, 0.25) is 5.52 Å². The maximum Gasteiger partial charge on any atom is 0.442 e. The SMILES string of the molecule is Cc1ccc(F)c2c1oc1ncnc(C)c1n1c(=O)nc(N3CCN(C(=O)OC(C)(C)C)C[C@@H]3C)c3cc(F)c2[n+]([O-])c31. The molecule has 1 atom stereocenters. The molecule has 5 aromatic rings. The second-order valence-electron chi connectivity index (χ2n) is 11.7. The van der Waals surface area contributed by atoms with Crippen LogP contribution >= 0.6 is 0 Å². The van der Waals surface area contributed by atoms with E-state index in [1.165, 1.54) is 12.4 Å². The Morgan fingerprint density at radius 1 is 1.16 bits per heavy atom. The van der Waals surface area contributed by atoms with Crippen LogP contribution in [0.15, 0.2) is 33.7 Å². The first-order valence-corrected chi connectivity index (χ1v) is 13.7. The normalized spacial score (nSPS) is 16.0. The van der Waals surface area contributed by atoms with Crippen LogP contribution in [0, 0.1) is 30.7 Å². The number of ether oxygens (including phenoxy) is 1. The lowest BCUT2D eigenvalue weighted by atomic mass is 10.1. The van der Waals surface area contributed by atoms with Gasteiger partial charge >= 0.3 is 17.4 Å². The Balaban J connectivity index is 1.69. The van der Waals surface area contributed by atoms with Gasteiger partial charge in [0.1, 0.15) is 34.1 Å². The van der Waals surface area contributed by atoms with Crippen molar-refractivity contribution in [1.82, 2.24) is 24.3 Å². The Hall–Kier alpha value is -4.88. The maximum atomic E-state index is 16.1. The van der Waals surface area contributed by atoms with Crippen molar-refractivity contribution in [3.05, 3.63) is 63.1 Å². The van der Waals surface area contributed by atoms with Gasteiger partial charge in [0.15, 0.2) is 17.2 Å². The van der Waals surface area contributed by atoms with E-state index >= 15 is 8.78 Å². The molecular formula is C29H29F2N7O5. The fraction of sp³-hybridized carbons (Fsp3) is 0.379. The first-order chi connectivity index (χ1) is 20.3. The number of aryl methyl sites for hydroxylation is 2. The number of piperazine rings is 1. The molecule has 4 aromatic heterocycles. The summed E-state index contributed by atoms with van der Waals surface area (Å²) in [6, 6.07) is 3.22. The number of rotatable bonds is 1. The van der Waals surface area contributed by atoms with E-state index in [0.29, 0.717) is 5.56 Å². The van der Waals surface area contributed by atoms with Crippen LogP contribution in [0.5, 0.6) is 0 Å². The number of nitrogens with zero attached hydrogens (tertiary/aromatic N) is 7. The number of pyridine rings is 1. The van der Waals surface area contributed by atoms with Crippen molar-refractivity contribution in [1.29, 1.82) is 0 Å². The van der Waals surface area contributed by atoms with Gasteiger partial charge in [0.05, 0.1) is 5.69 Å². The van der Waals surface area contributed by atoms with Crippen molar-refractivity contribution in [2.75, 3.05) is 24.5 Å². The first kappa shape index (κ1) is 28.2. The summed E-state index contributed by atoms with van der Waals surface area (Å²) in [6.45, 7) is 11.0. The molecule has 1 aliphatic heterocycles. The lowest BCUT2D eigenvalue weighted by Gasteiger charge is -2.40. The monoisotopic (exact) mass is 593 g/mol. The number of hydrogen-bond acceptors (Lipinski definition) is 9. The van der Waals surface area contributed by atoms with Crippen LogP contribution in [0.3, 0.4) is 0 Å². The van der Waals surface area contributed by atoms with Crippen molar-refractivity contribution in [3.63, 3.8) is 0 Å². The molecule has 1 amide bonds. The second kappa shape index (κ2) is 9.85. The number of halogens is 2. The van der Waals surface area contributed by atoms with E-state index in [0.717, 1.165) is 16.5 Å². The fourth-order valence-electron chi connectivity index (χ4n) is 5.53. The molecule has 12 nitrogen and oxygen atoms in total. The Bertz CT molecular complexity index is 2070. The van der Waals surface area contributed by atoms with Gasteiger partial charge in [-0.2, -0.15) is 9.97 Å². The summed E-state index contributed by atoms with van der Waals surface area (Å²) >= 11 is 0. The van der Waals surface area contributed by atoms with Gasteiger partial charge in [-0.25, -0.2) is 28.1 Å². The molecule has 0 saturated carbocycles. The number of fused-ring (bicyclic) bond motifs is 5. The molecular weight excluding hydrogens is 564 g/mol. The summed E-state index contributed by atoms with van der Waals surface area (Å²) in [4.78, 5) is 42.5. The van der Waals surface area contributed by atoms with Gasteiger partial charge in [-0.05, 0) is 59.2 Å². The van der Waals surface area contributed by atoms with E-state index in [-0.39, 0.29) is 63.7 Å². The molecule has 43 heavy (non-hydrogen) atoms. The lowest BCUT2D eigenvalue weighted by molar-refractivity contribution is -0.552. The van der Waals surface area contributed by atoms with E-state index < -0.39 is 46.0 Å². The highest BCUT2D eigenvalue weighted by molar-refractivity contribution is 5.97. The van der Waals surface area contributed by atoms with Crippen molar-refractivity contribution in [2.24, 2.45) is 0 Å². The maximum absolute atomic E-state index is 16.1. The zero-order valence-corrected chi connectivity index (χ0v) is 24.4. The second-order valence-corrected chi connectivity index (χ2v) is 11.7. The van der Waals surface area contributed by atoms with E-state index in [9.17, 15) is 14.8 Å². The topological polar surface area (TPSA) is 133 Å². The predicted molar refractivity (Wildman–Crippen MR) is 154 cm³/mol. The van der Waals surface area contributed by atoms with Gasteiger partial charge in [0.25, 0.3) is 5.71 Å². The summed E-state index contributed by atoms with van der Waals surface area (Å²) in [7, 11) is 0. The van der Waals surface area contributed by atoms with Crippen LogP contribution in [0.2, 0.25) is 0 Å². The molecule has 1 saturated heterocycles. The Kier molecular flexibility index (Phi) is 6.47. The standard InChI is InChI=1S/C29H29F2N7O5/c1-14-7-8-18(30)20-22-19(31)11-17-24(36-10-9-35(12-15(36)2)28(40)43-29(4,5)6)34-27(39)37(26(17)38(22)41)21-16(3)32-13-33-25(21)42-23(14)20/h7-8,11,13,15H,9-10,12H2,1-6H3/t15-/m0/s1. The summed E-state index contributed by atoms with van der Waals surface area (Å²) in [5.74, 6) is -1.89. The average molecular weight is 594 g/mol. The van der Waals surface area contributed by atoms with Gasteiger partial charge in [-0.1, -0.05) is 6.07 Å². The Labute approximate surface area is 243 Å². The molecule has 0 N–H and O–H groups in total. The van der Waals surface area contributed by atoms with E-state index in [4.69, 9.17) is 9.15 Å². The highest BCUT2D eigenvalue weighted by Gasteiger charge is 2.34. The Morgan fingerprint density at radius 3 is 2.60 bits per heavy atom. The van der Waals surface area contributed by atoms with Crippen molar-refractivity contribution >= 4 is 50.7 Å². The van der Waals surface area contributed by atoms with Gasteiger partial charge in [-0.15, -0.1) is 4.40 Å². The highest BCUT2D eigenvalue weighted by atomic mass is 19.1. The molecule has 5 heterocycles. The molecule has 1 fully saturated rings. The van der Waals surface area contributed by atoms with Crippen molar-refractivity contribution in [3.8, 4) is 0 Å². The summed E-state index contributed by atoms with van der Waals surface area (Å²) < 4.78 is 44.2. The van der Waals surface area contributed by atoms with E-state index in [2.05, 4.69) is 15.0 Å². The van der Waals surface area contributed by atoms with Crippen molar-refractivity contribution < 1.29 is 27.5 Å². The van der Waals surface area contributed by atoms with Gasteiger partial charge in [-0.3, -0.25) is 0 Å². The predicted octanol–water partition coefficient (Wildman–Crippen LogP) is 4.07. The molecule has 0 radical (unpaired) electrons. The minimum Gasteiger partial charge on any atom is -0.710 e. The highest BCUT2D eigenvalue weighted by Crippen LogP contribution is 2.32. The van der Waals surface area contributed by atoms with E-state index in [1.54, 1.807) is 44.4 Å². The summed E-state index contributed by atoms with van der Waals surface area (Å²) in [5.41, 5.74) is -2.09. The third-order valence-corrected chi connectivity index (χ3v) is 7.46. The van der Waals surface area contributed by atoms with Crippen LogP contribution in [-0.2, 0) is 4.74 Å². The molecule has 0 aliphatic carbocycles. The van der Waals surface area contributed by atoms with Crippen LogP contribution < -0.4 is 15.3 Å². The van der Waals surface area contributed by atoms with Gasteiger partial charge < -0.3 is 24.2 Å². The van der Waals surface area contributed by atoms with Crippen LogP contribution in [-0.4, -0.2) is 61.6 Å². The quantitative estimate of drug-likeness (QED) is 0.208. The fourth-order valence-corrected chi connectivity index (χ4v) is 5.53. The minimum atomic E-state index is -1.04. The number of carbonyl (C=O) groups is 1. The number of amides is 1. The zero-order chi connectivity index (χ0) is 31.0. The third-order valence-electron chi connectivity index (χ3n) is 7.46. The molecule has 1 aromatic carbocycles. The van der Waals surface area contributed by atoms with Crippen LogP contribution in [0.4, 0.5) is 19.4 Å². The average Bonchev–Trinajstić information content (AvgIpc) is 2.95. The van der Waals surface area contributed by atoms with Crippen LogP contribution in [0.25, 0.3) is 38.7 Å². The molecule has 2 bridgehead atoms. The number of hydrogen-bond donors (Lipinski definition) is 0. The molecule has 6 rings (SSSR count). The largest absolute Gasteiger partial charge is 0.710 e. The van der Waals surface area contributed by atoms with E-state index in [1.807, 2.05) is 6.92 Å². The zero-order valence-electron chi connectivity index (χ0n) is 24.4. The smallest absolute Gasteiger partial charge is 0.442 e. The molecule has 224 valence electrons. The summed E-state index contributed by atoms with van der Waals surface area (Å²) in [5, 5.41) is 13.8. The van der Waals surface area contributed by atoms with Crippen molar-refractivity contribution in [2.45, 2.75) is 53.2 Å². The van der Waals surface area contributed by atoms with Gasteiger partial charge in [0, 0.05) is 25.7 Å². The molecule has 14 heteroatoms. The number of benzene rings is 1. The number of aromatic nitrogens is 5. The third kappa shape index (κ3) is 4.57. The summed E-state index contributed by atoms with van der Waals surface area (Å²) in [6.07, 6.45) is 0.722. The first-order valence-electron chi connectivity index (χ1n) is 13.7. The van der Waals surface area contributed by atoms with Crippen LogP contribution in [0.1, 0.15) is 39.0 Å². The lowest BCUT2D eigenvalue weighted by Crippen LogP contribution is -2.55. The number of anilines is 1. The minimum absolute atomic E-state index is 0.000803. The molecule has 1 aliphatic rings. The molecule has 0 unspecified atom stereocenters. The number of carbonyl (C=O) groups excluding carboxylic acids is 1. The molecule has 0 spiro atoms. The Morgan fingerprint density at radius 2 is 1.91 bits per heavy atom.